The lowest BCUT2D eigenvalue weighted by Crippen LogP contribution is -2.30. The highest BCUT2D eigenvalue weighted by Gasteiger charge is 2.46. The average Bonchev–Trinajstić information content (AvgIpc) is 2.67. The number of allylic oxidation sites excluding steroid dienone is 2. The Morgan fingerprint density at radius 3 is 2.05 bits per heavy atom. The molecule has 0 spiro atoms. The maximum atomic E-state index is 12.3. The lowest BCUT2D eigenvalue weighted by Gasteiger charge is -2.14. The zero-order chi connectivity index (χ0) is 13.4. The van der Waals surface area contributed by atoms with E-state index in [1.807, 2.05) is 43.3 Å². The van der Waals surface area contributed by atoms with Gasteiger partial charge in [-0.25, -0.2) is 0 Å². The maximum Gasteiger partial charge on any atom is 0.233 e. The quantitative estimate of drug-likeness (QED) is 0.601. The maximum absolute atomic E-state index is 12.3. The van der Waals surface area contributed by atoms with Gasteiger partial charge in [-0.1, -0.05) is 42.0 Å². The zero-order valence-corrected chi connectivity index (χ0v) is 11.0. The number of carbonyl (C=O) groups excluding carboxylic acids is 2. The molecule has 0 N–H and O–H groups in total. The van der Waals surface area contributed by atoms with E-state index < -0.39 is 0 Å². The Bertz CT molecular complexity index is 518. The van der Waals surface area contributed by atoms with Gasteiger partial charge in [-0.3, -0.25) is 14.5 Å². The largest absolute Gasteiger partial charge is 0.278 e. The molecular weight excluding hydrogens is 238 g/mol. The fraction of sp³-hybridized carbons (Fsp3) is 0.375. The molecule has 0 radical (unpaired) electrons. The van der Waals surface area contributed by atoms with Crippen LogP contribution in [0.2, 0.25) is 0 Å². The Balaban J connectivity index is 1.80. The molecular formula is C16H17NO2. The van der Waals surface area contributed by atoms with Gasteiger partial charge < -0.3 is 0 Å². The molecule has 3 rings (SSSR count). The number of nitrogens with zero attached hydrogens (tertiary/aromatic N) is 1. The van der Waals surface area contributed by atoms with Gasteiger partial charge in [0, 0.05) is 0 Å². The molecule has 2 atom stereocenters. The van der Waals surface area contributed by atoms with Crippen LogP contribution in [0.3, 0.4) is 0 Å². The number of aryl methyl sites for hydroxylation is 1. The normalized spacial score (nSPS) is 25.8. The summed E-state index contributed by atoms with van der Waals surface area (Å²) in [4.78, 5) is 26.0. The first-order valence-corrected chi connectivity index (χ1v) is 6.72. The van der Waals surface area contributed by atoms with E-state index >= 15 is 0 Å². The molecule has 0 saturated carbocycles. The first-order chi connectivity index (χ1) is 9.16. The molecule has 1 fully saturated rings. The molecule has 3 heteroatoms. The van der Waals surface area contributed by atoms with Crippen LogP contribution in [0.15, 0.2) is 36.4 Å². The molecule has 1 aliphatic carbocycles. The van der Waals surface area contributed by atoms with Crippen molar-refractivity contribution in [3.8, 4) is 0 Å². The van der Waals surface area contributed by atoms with Crippen LogP contribution in [0, 0.1) is 18.8 Å². The van der Waals surface area contributed by atoms with Crippen LogP contribution < -0.4 is 0 Å². The van der Waals surface area contributed by atoms with E-state index in [1.165, 1.54) is 10.5 Å². The minimum atomic E-state index is -0.122. The summed E-state index contributed by atoms with van der Waals surface area (Å²) in [6.07, 6.45) is 5.45. The van der Waals surface area contributed by atoms with Crippen molar-refractivity contribution in [1.29, 1.82) is 0 Å². The fourth-order valence-corrected chi connectivity index (χ4v) is 2.90. The molecule has 1 heterocycles. The first kappa shape index (κ1) is 12.2. The Morgan fingerprint density at radius 1 is 1.00 bits per heavy atom. The second kappa shape index (κ2) is 4.65. The summed E-state index contributed by atoms with van der Waals surface area (Å²) < 4.78 is 0. The summed E-state index contributed by atoms with van der Waals surface area (Å²) in [5.41, 5.74) is 2.19. The van der Waals surface area contributed by atoms with Crippen LogP contribution >= 0.6 is 0 Å². The van der Waals surface area contributed by atoms with Crippen LogP contribution in [-0.2, 0) is 16.1 Å². The van der Waals surface area contributed by atoms with Crippen LogP contribution in [-0.4, -0.2) is 16.7 Å². The second-order valence-electron chi connectivity index (χ2n) is 5.40. The van der Waals surface area contributed by atoms with Gasteiger partial charge >= 0.3 is 0 Å². The Morgan fingerprint density at radius 2 is 1.53 bits per heavy atom. The van der Waals surface area contributed by atoms with Crippen molar-refractivity contribution in [3.63, 3.8) is 0 Å². The van der Waals surface area contributed by atoms with E-state index in [0.717, 1.165) is 5.56 Å². The standard InChI is InChI=1S/C16H17NO2/c1-11-6-8-12(9-7-11)10-17-15(18)13-4-2-3-5-14(13)16(17)19/h2-3,6-9,13-14H,4-5,10H2,1H3/t13-,14+. The molecule has 19 heavy (non-hydrogen) atoms. The molecule has 0 unspecified atom stereocenters. The number of likely N-dealkylation sites (tertiary alicyclic amines) is 1. The Labute approximate surface area is 112 Å². The van der Waals surface area contributed by atoms with E-state index in [0.29, 0.717) is 19.4 Å². The van der Waals surface area contributed by atoms with E-state index in [9.17, 15) is 9.59 Å². The van der Waals surface area contributed by atoms with Gasteiger partial charge in [0.25, 0.3) is 0 Å². The number of fused-ring (bicyclic) bond motifs is 1. The third-order valence-corrected chi connectivity index (χ3v) is 4.06. The van der Waals surface area contributed by atoms with Crippen LogP contribution in [0.5, 0.6) is 0 Å². The summed E-state index contributed by atoms with van der Waals surface area (Å²) >= 11 is 0. The number of hydrogen-bond donors (Lipinski definition) is 0. The van der Waals surface area contributed by atoms with Crippen molar-refractivity contribution in [1.82, 2.24) is 4.90 Å². The fourth-order valence-electron chi connectivity index (χ4n) is 2.90. The van der Waals surface area contributed by atoms with E-state index in [1.54, 1.807) is 0 Å². The van der Waals surface area contributed by atoms with Gasteiger partial charge in [-0.2, -0.15) is 0 Å². The Kier molecular flexibility index (Phi) is 2.97. The SMILES string of the molecule is Cc1ccc(CN2C(=O)[C@H]3CC=CC[C@H]3C2=O)cc1. The van der Waals surface area contributed by atoms with E-state index in [2.05, 4.69) is 0 Å². The van der Waals surface area contributed by atoms with Crippen LogP contribution in [0.4, 0.5) is 0 Å². The highest BCUT2D eigenvalue weighted by molar-refractivity contribution is 6.05. The molecule has 1 aromatic rings. The van der Waals surface area contributed by atoms with Gasteiger partial charge in [0.05, 0.1) is 18.4 Å². The number of imide groups is 1. The lowest BCUT2D eigenvalue weighted by atomic mass is 9.85. The monoisotopic (exact) mass is 255 g/mol. The highest BCUT2D eigenvalue weighted by Crippen LogP contribution is 2.35. The van der Waals surface area contributed by atoms with Gasteiger partial charge in [-0.15, -0.1) is 0 Å². The summed E-state index contributed by atoms with van der Waals surface area (Å²) in [5.74, 6) is -0.245. The van der Waals surface area contributed by atoms with Crippen LogP contribution in [0.25, 0.3) is 0 Å². The molecule has 2 amide bonds. The molecule has 1 aliphatic heterocycles. The predicted molar refractivity (Wildman–Crippen MR) is 72.1 cm³/mol. The minimum Gasteiger partial charge on any atom is -0.278 e. The number of rotatable bonds is 2. The number of hydrogen-bond acceptors (Lipinski definition) is 2. The van der Waals surface area contributed by atoms with Gasteiger partial charge in [-0.05, 0) is 25.3 Å². The molecule has 1 saturated heterocycles. The smallest absolute Gasteiger partial charge is 0.233 e. The number of amides is 2. The zero-order valence-electron chi connectivity index (χ0n) is 11.0. The average molecular weight is 255 g/mol. The highest BCUT2D eigenvalue weighted by atomic mass is 16.2. The minimum absolute atomic E-state index is 0.0000694. The summed E-state index contributed by atoms with van der Waals surface area (Å²) in [5, 5.41) is 0. The van der Waals surface area contributed by atoms with Crippen molar-refractivity contribution in [2.24, 2.45) is 11.8 Å². The topological polar surface area (TPSA) is 37.4 Å². The van der Waals surface area contributed by atoms with Gasteiger partial charge in [0.2, 0.25) is 11.8 Å². The van der Waals surface area contributed by atoms with E-state index in [-0.39, 0.29) is 23.7 Å². The third kappa shape index (κ3) is 2.09. The molecule has 2 aliphatic rings. The second-order valence-corrected chi connectivity index (χ2v) is 5.40. The van der Waals surface area contributed by atoms with E-state index in [4.69, 9.17) is 0 Å². The number of carbonyl (C=O) groups is 2. The van der Waals surface area contributed by atoms with Gasteiger partial charge in [0.1, 0.15) is 0 Å². The summed E-state index contributed by atoms with van der Waals surface area (Å²) in [6, 6.07) is 7.98. The summed E-state index contributed by atoms with van der Waals surface area (Å²) in [7, 11) is 0. The van der Waals surface area contributed by atoms with Crippen molar-refractivity contribution in [3.05, 3.63) is 47.5 Å². The number of benzene rings is 1. The van der Waals surface area contributed by atoms with Crippen molar-refractivity contribution >= 4 is 11.8 Å². The predicted octanol–water partition coefficient (Wildman–Crippen LogP) is 2.45. The molecule has 0 bridgehead atoms. The van der Waals surface area contributed by atoms with Gasteiger partial charge in [0.15, 0.2) is 0 Å². The summed E-state index contributed by atoms with van der Waals surface area (Å²) in [6.45, 7) is 2.43. The lowest BCUT2D eigenvalue weighted by molar-refractivity contribution is -0.140. The Hall–Kier alpha value is -1.90. The van der Waals surface area contributed by atoms with Crippen molar-refractivity contribution in [2.75, 3.05) is 0 Å². The molecule has 0 aromatic heterocycles. The molecule has 3 nitrogen and oxygen atoms in total. The van der Waals surface area contributed by atoms with Crippen LogP contribution in [0.1, 0.15) is 24.0 Å². The molecule has 1 aromatic carbocycles. The van der Waals surface area contributed by atoms with Crippen molar-refractivity contribution < 1.29 is 9.59 Å². The first-order valence-electron chi connectivity index (χ1n) is 6.72. The molecule has 98 valence electrons. The van der Waals surface area contributed by atoms with Crippen molar-refractivity contribution in [2.45, 2.75) is 26.3 Å². The third-order valence-electron chi connectivity index (χ3n) is 4.06.